The highest BCUT2D eigenvalue weighted by Gasteiger charge is 2.17. The number of rotatable bonds is 6. The molecule has 34 heavy (non-hydrogen) atoms. The molecule has 0 aliphatic heterocycles. The van der Waals surface area contributed by atoms with Gasteiger partial charge in [0.1, 0.15) is 23.1 Å². The molecule has 0 unspecified atom stereocenters. The maximum atomic E-state index is 13.3. The lowest BCUT2D eigenvalue weighted by molar-refractivity contribution is 0.0489. The van der Waals surface area contributed by atoms with Crippen molar-refractivity contribution in [2.75, 3.05) is 6.61 Å². The van der Waals surface area contributed by atoms with Gasteiger partial charge in [-0.3, -0.25) is 0 Å². The van der Waals surface area contributed by atoms with Gasteiger partial charge in [-0.15, -0.1) is 0 Å². The molecule has 7 heteroatoms. The van der Waals surface area contributed by atoms with Gasteiger partial charge in [-0.2, -0.15) is 0 Å². The summed E-state index contributed by atoms with van der Waals surface area (Å²) in [5, 5.41) is 11.2. The number of hydrogen-bond donors (Lipinski definition) is 1. The highest BCUT2D eigenvalue weighted by Crippen LogP contribution is 2.32. The Morgan fingerprint density at radius 3 is 2.29 bits per heavy atom. The smallest absolute Gasteiger partial charge is 0.360 e. The average Bonchev–Trinajstić information content (AvgIpc) is 2.79. The Hall–Kier alpha value is -4.00. The number of aromatic hydroxyl groups is 1. The number of halogens is 2. The molecule has 0 bridgehead atoms. The third-order valence-electron chi connectivity index (χ3n) is 4.77. The van der Waals surface area contributed by atoms with Crippen molar-refractivity contribution in [2.24, 2.45) is 0 Å². The number of benzene rings is 3. The lowest BCUT2D eigenvalue weighted by Gasteiger charge is -2.10. The lowest BCUT2D eigenvalue weighted by atomic mass is 10.1. The van der Waals surface area contributed by atoms with Crippen molar-refractivity contribution in [1.29, 1.82) is 0 Å². The summed E-state index contributed by atoms with van der Waals surface area (Å²) in [5.41, 5.74) is 1.15. The van der Waals surface area contributed by atoms with Crippen LogP contribution >= 0.6 is 0 Å². The second-order valence-corrected chi connectivity index (χ2v) is 7.56. The summed E-state index contributed by atoms with van der Waals surface area (Å²) in [7, 11) is 0. The highest BCUT2D eigenvalue weighted by atomic mass is 19.1. The van der Waals surface area contributed by atoms with Crippen molar-refractivity contribution in [3.05, 3.63) is 95.8 Å². The monoisotopic (exact) mass is 465 g/mol. The van der Waals surface area contributed by atoms with Crippen molar-refractivity contribution in [3.63, 3.8) is 0 Å². The number of carbonyl (C=O) groups excluding carboxylic acids is 1. The second-order valence-electron chi connectivity index (χ2n) is 7.56. The lowest BCUT2D eigenvalue weighted by Crippen LogP contribution is -2.08. The van der Waals surface area contributed by atoms with Gasteiger partial charge in [-0.1, -0.05) is 49.2 Å². The van der Waals surface area contributed by atoms with Crippen LogP contribution in [0.1, 0.15) is 35.8 Å². The molecule has 4 aromatic rings. The minimum atomic E-state index is -0.753. The number of aryl methyl sites for hydroxylation is 1. The number of fused-ring (bicyclic) bond motifs is 1. The summed E-state index contributed by atoms with van der Waals surface area (Å²) in [6.45, 7) is 4.31. The molecule has 0 fully saturated rings. The molecule has 0 saturated heterocycles. The van der Waals surface area contributed by atoms with E-state index in [0.717, 1.165) is 31.0 Å². The molecule has 176 valence electrons. The Morgan fingerprint density at radius 2 is 1.68 bits per heavy atom. The summed E-state index contributed by atoms with van der Waals surface area (Å²) in [6, 6.07) is 17.7. The molecular formula is C27H25F2NO4. The maximum absolute atomic E-state index is 13.3. The van der Waals surface area contributed by atoms with Crippen molar-refractivity contribution in [1.82, 2.24) is 4.98 Å². The largest absolute Gasteiger partial charge is 0.505 e. The molecule has 0 atom stereocenters. The van der Waals surface area contributed by atoms with E-state index in [0.29, 0.717) is 16.5 Å². The SMILES string of the molecule is CCCCOC(=O)c1ncc2cc(Oc3cc(F)cc(F)c3)ccc2c1O.Cc1ccccc1. The van der Waals surface area contributed by atoms with Crippen LogP contribution in [-0.4, -0.2) is 22.7 Å². The van der Waals surface area contributed by atoms with E-state index in [9.17, 15) is 18.7 Å². The molecule has 0 radical (unpaired) electrons. The van der Waals surface area contributed by atoms with Gasteiger partial charge in [0, 0.05) is 35.2 Å². The summed E-state index contributed by atoms with van der Waals surface area (Å²) in [4.78, 5) is 16.0. The van der Waals surface area contributed by atoms with Gasteiger partial charge in [-0.25, -0.2) is 18.6 Å². The summed E-state index contributed by atoms with van der Waals surface area (Å²) in [6.07, 6.45) is 2.99. The maximum Gasteiger partial charge on any atom is 0.360 e. The van der Waals surface area contributed by atoms with Crippen LogP contribution in [0.3, 0.4) is 0 Å². The molecule has 0 spiro atoms. The first-order valence-corrected chi connectivity index (χ1v) is 10.8. The molecule has 3 aromatic carbocycles. The van der Waals surface area contributed by atoms with Crippen molar-refractivity contribution >= 4 is 16.7 Å². The van der Waals surface area contributed by atoms with Gasteiger partial charge in [0.15, 0.2) is 11.4 Å². The highest BCUT2D eigenvalue weighted by molar-refractivity contribution is 5.99. The molecule has 1 heterocycles. The molecule has 0 aliphatic carbocycles. The third-order valence-corrected chi connectivity index (χ3v) is 4.77. The van der Waals surface area contributed by atoms with E-state index >= 15 is 0 Å². The van der Waals surface area contributed by atoms with Crippen LogP contribution in [0.4, 0.5) is 8.78 Å². The number of esters is 1. The van der Waals surface area contributed by atoms with Crippen LogP contribution in [-0.2, 0) is 4.74 Å². The zero-order valence-electron chi connectivity index (χ0n) is 18.9. The fourth-order valence-corrected chi connectivity index (χ4v) is 3.03. The Kier molecular flexibility index (Phi) is 8.51. The standard InChI is InChI=1S/C20H17F2NO4.C7H8/c1-2-3-6-26-20(25)18-19(24)17-5-4-15(7-12(17)11-23-18)27-16-9-13(21)8-14(22)10-16;1-7-5-3-2-4-6-7/h4-5,7-11,24H,2-3,6H2,1H3;2-6H,1H3. The van der Waals surface area contributed by atoms with E-state index in [1.165, 1.54) is 30.0 Å². The number of nitrogens with zero attached hydrogens (tertiary/aromatic N) is 1. The van der Waals surface area contributed by atoms with Crippen molar-refractivity contribution < 1.29 is 28.2 Å². The van der Waals surface area contributed by atoms with Crippen LogP contribution in [0.25, 0.3) is 10.8 Å². The fourth-order valence-electron chi connectivity index (χ4n) is 3.03. The van der Waals surface area contributed by atoms with E-state index in [1.54, 1.807) is 0 Å². The number of pyridine rings is 1. The van der Waals surface area contributed by atoms with Crippen LogP contribution in [0.15, 0.2) is 72.9 Å². The Labute approximate surface area is 196 Å². The minimum Gasteiger partial charge on any atom is -0.505 e. The van der Waals surface area contributed by atoms with Gasteiger partial charge in [-0.05, 0) is 31.5 Å². The molecule has 5 nitrogen and oxygen atoms in total. The van der Waals surface area contributed by atoms with Gasteiger partial charge in [0.25, 0.3) is 0 Å². The summed E-state index contributed by atoms with van der Waals surface area (Å²) < 4.78 is 37.0. The van der Waals surface area contributed by atoms with Crippen LogP contribution < -0.4 is 4.74 Å². The normalized spacial score (nSPS) is 10.4. The quantitative estimate of drug-likeness (QED) is 0.246. The van der Waals surface area contributed by atoms with E-state index in [-0.39, 0.29) is 23.8 Å². The van der Waals surface area contributed by atoms with Crippen LogP contribution in [0.2, 0.25) is 0 Å². The summed E-state index contributed by atoms with van der Waals surface area (Å²) >= 11 is 0. The van der Waals surface area contributed by atoms with Gasteiger partial charge < -0.3 is 14.6 Å². The van der Waals surface area contributed by atoms with Gasteiger partial charge >= 0.3 is 5.97 Å². The number of aromatic nitrogens is 1. The summed E-state index contributed by atoms with van der Waals surface area (Å²) in [5.74, 6) is -2.20. The topological polar surface area (TPSA) is 68.7 Å². The zero-order chi connectivity index (χ0) is 24.5. The van der Waals surface area contributed by atoms with E-state index < -0.39 is 17.6 Å². The molecular weight excluding hydrogens is 440 g/mol. The minimum absolute atomic E-state index is 0.000142. The zero-order valence-corrected chi connectivity index (χ0v) is 18.9. The fraction of sp³-hybridized carbons (Fsp3) is 0.185. The third kappa shape index (κ3) is 6.75. The number of carbonyl (C=O) groups is 1. The molecule has 0 saturated carbocycles. The van der Waals surface area contributed by atoms with Gasteiger partial charge in [0.05, 0.1) is 6.61 Å². The predicted molar refractivity (Wildman–Crippen MR) is 126 cm³/mol. The number of unbranched alkanes of at least 4 members (excludes halogenated alkanes) is 1. The predicted octanol–water partition coefficient (Wildman–Crippen LogP) is 6.96. The van der Waals surface area contributed by atoms with E-state index in [1.807, 2.05) is 25.1 Å². The first kappa shape index (κ1) is 24.6. The van der Waals surface area contributed by atoms with Gasteiger partial charge in [0.2, 0.25) is 0 Å². The second kappa shape index (κ2) is 11.7. The number of hydrogen-bond acceptors (Lipinski definition) is 5. The van der Waals surface area contributed by atoms with Crippen LogP contribution in [0.5, 0.6) is 17.2 Å². The van der Waals surface area contributed by atoms with E-state index in [2.05, 4.69) is 24.0 Å². The molecule has 0 amide bonds. The Balaban J connectivity index is 0.000000396. The first-order valence-electron chi connectivity index (χ1n) is 10.8. The van der Waals surface area contributed by atoms with Crippen LogP contribution in [0, 0.1) is 18.6 Å². The molecule has 1 aromatic heterocycles. The average molecular weight is 465 g/mol. The molecule has 0 aliphatic rings. The molecule has 4 rings (SSSR count). The number of ether oxygens (including phenoxy) is 2. The van der Waals surface area contributed by atoms with Crippen molar-refractivity contribution in [2.45, 2.75) is 26.7 Å². The first-order chi connectivity index (χ1) is 16.4. The van der Waals surface area contributed by atoms with E-state index in [4.69, 9.17) is 9.47 Å². The Morgan fingerprint density at radius 1 is 0.971 bits per heavy atom. The Bertz CT molecular complexity index is 1240. The van der Waals surface area contributed by atoms with Crippen molar-refractivity contribution in [3.8, 4) is 17.2 Å². The molecule has 1 N–H and O–H groups in total.